The number of benzene rings is 1. The fourth-order valence-corrected chi connectivity index (χ4v) is 2.06. The number of nitro benzene ring substituents is 1. The quantitative estimate of drug-likeness (QED) is 0.426. The van der Waals surface area contributed by atoms with Crippen molar-refractivity contribution in [1.29, 1.82) is 0 Å². The molecule has 2 rings (SSSR count). The van der Waals surface area contributed by atoms with Gasteiger partial charge in [-0.2, -0.15) is 0 Å². The Morgan fingerprint density at radius 1 is 1.15 bits per heavy atom. The van der Waals surface area contributed by atoms with E-state index in [9.17, 15) is 19.7 Å². The van der Waals surface area contributed by atoms with Gasteiger partial charge in [0, 0.05) is 50.1 Å². The highest BCUT2D eigenvalue weighted by Gasteiger charge is 2.05. The van der Waals surface area contributed by atoms with Crippen molar-refractivity contribution in [3.63, 3.8) is 0 Å². The second kappa shape index (κ2) is 9.67. The number of pyridine rings is 1. The molecule has 2 amide bonds. The van der Waals surface area contributed by atoms with Crippen LogP contribution in [0.1, 0.15) is 17.5 Å². The molecular weight excluding hydrogens is 336 g/mol. The highest BCUT2D eigenvalue weighted by molar-refractivity contribution is 5.92. The first-order valence-corrected chi connectivity index (χ1v) is 7.90. The highest BCUT2D eigenvalue weighted by atomic mass is 16.6. The summed E-state index contributed by atoms with van der Waals surface area (Å²) >= 11 is 0. The molecule has 0 aliphatic rings. The van der Waals surface area contributed by atoms with Crippen LogP contribution in [0.4, 0.5) is 5.69 Å². The second-order valence-electron chi connectivity index (χ2n) is 5.36. The van der Waals surface area contributed by atoms with Crippen molar-refractivity contribution in [2.75, 3.05) is 6.54 Å². The number of rotatable bonds is 8. The zero-order valence-corrected chi connectivity index (χ0v) is 13.9. The van der Waals surface area contributed by atoms with E-state index in [2.05, 4.69) is 15.6 Å². The Kier molecular flexibility index (Phi) is 6.99. The molecule has 0 radical (unpaired) electrons. The van der Waals surface area contributed by atoms with Crippen LogP contribution in [0.15, 0.2) is 54.9 Å². The summed E-state index contributed by atoms with van der Waals surface area (Å²) in [5, 5.41) is 16.0. The molecule has 134 valence electrons. The van der Waals surface area contributed by atoms with Crippen LogP contribution < -0.4 is 10.6 Å². The third kappa shape index (κ3) is 6.52. The van der Waals surface area contributed by atoms with E-state index in [1.807, 2.05) is 0 Å². The number of hydrogen-bond donors (Lipinski definition) is 2. The van der Waals surface area contributed by atoms with Crippen molar-refractivity contribution in [2.24, 2.45) is 0 Å². The van der Waals surface area contributed by atoms with E-state index < -0.39 is 4.92 Å². The van der Waals surface area contributed by atoms with Gasteiger partial charge in [-0.25, -0.2) is 0 Å². The summed E-state index contributed by atoms with van der Waals surface area (Å²) in [4.78, 5) is 37.5. The number of carbonyl (C=O) groups excluding carboxylic acids is 2. The SMILES string of the molecule is O=C(/C=C/c1cccc([N+](=O)[O-])c1)NCCC(=O)NCc1ccncc1. The molecule has 0 bridgehead atoms. The standard InChI is InChI=1S/C18H18N4O4/c23-17(5-4-14-2-1-3-16(12-14)22(25)26)20-11-8-18(24)21-13-15-6-9-19-10-7-15/h1-7,9-10,12H,8,11,13H2,(H,20,23)(H,21,24)/b5-4+. The first-order chi connectivity index (χ1) is 12.5. The molecule has 1 heterocycles. The van der Waals surface area contributed by atoms with Crippen LogP contribution in [0.3, 0.4) is 0 Å². The Labute approximate surface area is 150 Å². The van der Waals surface area contributed by atoms with Gasteiger partial charge in [-0.05, 0) is 29.3 Å². The molecule has 2 N–H and O–H groups in total. The summed E-state index contributed by atoms with van der Waals surface area (Å²) in [7, 11) is 0. The van der Waals surface area contributed by atoms with E-state index in [4.69, 9.17) is 0 Å². The van der Waals surface area contributed by atoms with Crippen LogP contribution in [0.5, 0.6) is 0 Å². The number of hydrogen-bond acceptors (Lipinski definition) is 5. The van der Waals surface area contributed by atoms with Crippen LogP contribution in [0, 0.1) is 10.1 Å². The van der Waals surface area contributed by atoms with Gasteiger partial charge in [-0.1, -0.05) is 12.1 Å². The number of nitro groups is 1. The zero-order chi connectivity index (χ0) is 18.8. The van der Waals surface area contributed by atoms with E-state index in [0.717, 1.165) is 5.56 Å². The maximum absolute atomic E-state index is 11.7. The summed E-state index contributed by atoms with van der Waals surface area (Å²) in [6, 6.07) is 9.56. The van der Waals surface area contributed by atoms with Gasteiger partial charge in [-0.3, -0.25) is 24.7 Å². The molecule has 0 fully saturated rings. The summed E-state index contributed by atoms with van der Waals surface area (Å²) in [5.74, 6) is -0.553. The first kappa shape index (κ1) is 18.8. The molecule has 0 aliphatic carbocycles. The number of aromatic nitrogens is 1. The van der Waals surface area contributed by atoms with Crippen LogP contribution in [0.2, 0.25) is 0 Å². The smallest absolute Gasteiger partial charge is 0.270 e. The molecule has 26 heavy (non-hydrogen) atoms. The maximum atomic E-state index is 11.7. The van der Waals surface area contributed by atoms with Gasteiger partial charge in [0.2, 0.25) is 11.8 Å². The molecule has 1 aromatic heterocycles. The molecule has 1 aromatic carbocycles. The van der Waals surface area contributed by atoms with Gasteiger partial charge in [0.25, 0.3) is 5.69 Å². The van der Waals surface area contributed by atoms with Gasteiger partial charge in [0.1, 0.15) is 0 Å². The molecule has 0 aliphatic heterocycles. The van der Waals surface area contributed by atoms with Crippen molar-refractivity contribution >= 4 is 23.6 Å². The van der Waals surface area contributed by atoms with Gasteiger partial charge >= 0.3 is 0 Å². The monoisotopic (exact) mass is 354 g/mol. The van der Waals surface area contributed by atoms with Crippen LogP contribution >= 0.6 is 0 Å². The second-order valence-corrected chi connectivity index (χ2v) is 5.36. The lowest BCUT2D eigenvalue weighted by Gasteiger charge is -2.05. The third-order valence-corrected chi connectivity index (χ3v) is 3.40. The first-order valence-electron chi connectivity index (χ1n) is 7.90. The Morgan fingerprint density at radius 3 is 2.65 bits per heavy atom. The molecular formula is C18H18N4O4. The number of nitrogens with one attached hydrogen (secondary N) is 2. The minimum absolute atomic E-state index is 0.0431. The van der Waals surface area contributed by atoms with Crippen LogP contribution in [0.25, 0.3) is 6.08 Å². The number of carbonyl (C=O) groups is 2. The predicted molar refractivity (Wildman–Crippen MR) is 95.8 cm³/mol. The molecule has 8 nitrogen and oxygen atoms in total. The molecule has 0 atom stereocenters. The zero-order valence-electron chi connectivity index (χ0n) is 13.9. The van der Waals surface area contributed by atoms with Crippen molar-refractivity contribution in [3.8, 4) is 0 Å². The summed E-state index contributed by atoms with van der Waals surface area (Å²) in [5.41, 5.74) is 1.44. The van der Waals surface area contributed by atoms with Gasteiger partial charge in [0.05, 0.1) is 4.92 Å². The van der Waals surface area contributed by atoms with E-state index in [-0.39, 0.29) is 30.5 Å². The maximum Gasteiger partial charge on any atom is 0.270 e. The van der Waals surface area contributed by atoms with Gasteiger partial charge < -0.3 is 10.6 Å². The molecule has 0 saturated heterocycles. The third-order valence-electron chi connectivity index (χ3n) is 3.40. The summed E-state index contributed by atoms with van der Waals surface area (Å²) in [6.07, 6.45) is 6.20. The van der Waals surface area contributed by atoms with Crippen LogP contribution in [-0.2, 0) is 16.1 Å². The number of non-ortho nitro benzene ring substituents is 1. The molecule has 0 spiro atoms. The molecule has 2 aromatic rings. The van der Waals surface area contributed by atoms with E-state index in [0.29, 0.717) is 12.1 Å². The van der Waals surface area contributed by atoms with E-state index >= 15 is 0 Å². The van der Waals surface area contributed by atoms with Gasteiger partial charge in [-0.15, -0.1) is 0 Å². The molecule has 0 unspecified atom stereocenters. The van der Waals surface area contributed by atoms with Crippen LogP contribution in [-0.4, -0.2) is 28.3 Å². The van der Waals surface area contributed by atoms with Crippen molar-refractivity contribution in [2.45, 2.75) is 13.0 Å². The Morgan fingerprint density at radius 2 is 1.92 bits per heavy atom. The van der Waals surface area contributed by atoms with Crippen molar-refractivity contribution < 1.29 is 14.5 Å². The number of nitrogens with zero attached hydrogens (tertiary/aromatic N) is 2. The average Bonchev–Trinajstić information content (AvgIpc) is 2.66. The average molecular weight is 354 g/mol. The molecule has 0 saturated carbocycles. The lowest BCUT2D eigenvalue weighted by molar-refractivity contribution is -0.384. The minimum Gasteiger partial charge on any atom is -0.352 e. The Bertz CT molecular complexity index is 806. The fourth-order valence-electron chi connectivity index (χ4n) is 2.06. The highest BCUT2D eigenvalue weighted by Crippen LogP contribution is 2.13. The lowest BCUT2D eigenvalue weighted by Crippen LogP contribution is -2.29. The normalized spacial score (nSPS) is 10.5. The Hall–Kier alpha value is -3.55. The summed E-state index contributed by atoms with van der Waals surface area (Å²) in [6.45, 7) is 0.599. The Balaban J connectivity index is 1.70. The predicted octanol–water partition coefficient (Wildman–Crippen LogP) is 1.83. The summed E-state index contributed by atoms with van der Waals surface area (Å²) < 4.78 is 0. The van der Waals surface area contributed by atoms with Crippen molar-refractivity contribution in [1.82, 2.24) is 15.6 Å². The topological polar surface area (TPSA) is 114 Å². The fraction of sp³-hybridized carbons (Fsp3) is 0.167. The minimum atomic E-state index is -0.498. The van der Waals surface area contributed by atoms with Gasteiger partial charge in [0.15, 0.2) is 0 Å². The van der Waals surface area contributed by atoms with E-state index in [1.165, 1.54) is 24.3 Å². The number of amides is 2. The lowest BCUT2D eigenvalue weighted by atomic mass is 10.2. The largest absolute Gasteiger partial charge is 0.352 e. The molecule has 8 heteroatoms. The van der Waals surface area contributed by atoms with E-state index in [1.54, 1.807) is 36.7 Å². The van der Waals surface area contributed by atoms with Crippen molar-refractivity contribution in [3.05, 3.63) is 76.1 Å².